The number of carbonyl (C=O) groups excluding carboxylic acids is 9. The molecule has 29 nitrogen and oxygen atoms in total. The van der Waals surface area contributed by atoms with E-state index in [0.29, 0.717) is 33.4 Å². The Balaban J connectivity index is 0.811. The van der Waals surface area contributed by atoms with E-state index in [9.17, 15) is 68.4 Å². The molecule has 8 N–H and O–H groups in total. The van der Waals surface area contributed by atoms with E-state index in [1.807, 2.05) is 25.1 Å². The molecule has 7 aromatic rings. The highest BCUT2D eigenvalue weighted by Gasteiger charge is 2.48. The molecule has 1 fully saturated rings. The summed E-state index contributed by atoms with van der Waals surface area (Å²) in [7, 11) is 0. The van der Waals surface area contributed by atoms with E-state index in [1.54, 1.807) is 59.1 Å². The molecule has 6 atom stereocenters. The summed E-state index contributed by atoms with van der Waals surface area (Å²) in [6, 6.07) is 22.8. The van der Waals surface area contributed by atoms with Crippen LogP contribution in [0.1, 0.15) is 56.5 Å². The molecule has 9 amide bonds. The van der Waals surface area contributed by atoms with Crippen LogP contribution in [0.15, 0.2) is 119 Å². The average molecular weight is 1270 g/mol. The van der Waals surface area contributed by atoms with Gasteiger partial charge in [-0.05, 0) is 72.1 Å². The van der Waals surface area contributed by atoms with Crippen LogP contribution in [0.3, 0.4) is 0 Å². The van der Waals surface area contributed by atoms with Crippen molar-refractivity contribution in [1.82, 2.24) is 29.8 Å². The minimum atomic E-state index is -2.05. The predicted molar refractivity (Wildman–Crippen MR) is 322 cm³/mol. The van der Waals surface area contributed by atoms with Gasteiger partial charge in [0.15, 0.2) is 11.9 Å². The highest BCUT2D eigenvalue weighted by atomic mass is 35.5. The van der Waals surface area contributed by atoms with Gasteiger partial charge in [0.25, 0.3) is 23.6 Å². The topological polar surface area (TPSA) is 389 Å². The van der Waals surface area contributed by atoms with Gasteiger partial charge in [-0.1, -0.05) is 42.5 Å². The molecule has 0 unspecified atom stereocenters. The zero-order valence-corrected chi connectivity index (χ0v) is 48.9. The van der Waals surface area contributed by atoms with Crippen molar-refractivity contribution in [3.63, 3.8) is 0 Å². The first kappa shape index (κ1) is 63.4. The monoisotopic (exact) mass is 1270 g/mol. The van der Waals surface area contributed by atoms with Crippen LogP contribution in [0.5, 0.6) is 11.5 Å². The molecule has 91 heavy (non-hydrogen) atoms. The van der Waals surface area contributed by atoms with Gasteiger partial charge in [0.2, 0.25) is 24.0 Å². The van der Waals surface area contributed by atoms with Crippen molar-refractivity contribution in [2.75, 3.05) is 60.7 Å². The summed E-state index contributed by atoms with van der Waals surface area (Å²) in [4.78, 5) is 141. The van der Waals surface area contributed by atoms with Gasteiger partial charge < -0.3 is 79.3 Å². The zero-order valence-electron chi connectivity index (χ0n) is 48.1. The predicted octanol–water partition coefficient (Wildman–Crippen LogP) is 3.76. The molecule has 472 valence electrons. The lowest BCUT2D eigenvalue weighted by molar-refractivity contribution is -0.271. The summed E-state index contributed by atoms with van der Waals surface area (Å²) >= 11 is 6.63. The number of carboxylic acids is 1. The number of aryl methyl sites for hydroxylation is 1. The number of aliphatic hydroxyl groups excluding tert-OH is 3. The minimum Gasteiger partial charge on any atom is -0.479 e. The van der Waals surface area contributed by atoms with Gasteiger partial charge in [0.05, 0.1) is 23.6 Å². The second-order valence-corrected chi connectivity index (χ2v) is 21.4. The Morgan fingerprint density at radius 2 is 1.63 bits per heavy atom. The Labute approximate surface area is 519 Å². The van der Waals surface area contributed by atoms with Crippen molar-refractivity contribution in [2.45, 2.75) is 63.0 Å². The smallest absolute Gasteiger partial charge is 0.415 e. The number of pyridine rings is 1. The van der Waals surface area contributed by atoms with Crippen molar-refractivity contribution in [3.05, 3.63) is 138 Å². The molecule has 3 aliphatic rings. The Morgan fingerprint density at radius 1 is 0.846 bits per heavy atom. The number of nitrogens with zero attached hydrogens (tertiary/aromatic N) is 6. The number of ether oxygens (including phenoxy) is 4. The summed E-state index contributed by atoms with van der Waals surface area (Å²) in [6.07, 6.45) is -7.47. The number of hydrogen-bond acceptors (Lipinski definition) is 19. The van der Waals surface area contributed by atoms with E-state index >= 15 is 0 Å². The van der Waals surface area contributed by atoms with Gasteiger partial charge in [-0.2, -0.15) is 0 Å². The van der Waals surface area contributed by atoms with Gasteiger partial charge in [-0.3, -0.25) is 38.5 Å². The maximum absolute atomic E-state index is 14.6. The van der Waals surface area contributed by atoms with E-state index in [4.69, 9.17) is 35.0 Å². The molecule has 0 aliphatic carbocycles. The number of furan rings is 1. The van der Waals surface area contributed by atoms with E-state index in [2.05, 4.69) is 38.0 Å². The third-order valence-corrected chi connectivity index (χ3v) is 15.4. The average Bonchev–Trinajstić information content (AvgIpc) is 1.66. The summed E-state index contributed by atoms with van der Waals surface area (Å²) in [5.41, 5.74) is 3.30. The third-order valence-electron chi connectivity index (χ3n) is 15.0. The summed E-state index contributed by atoms with van der Waals surface area (Å²) in [5.74, 6) is -6.53. The van der Waals surface area contributed by atoms with Crippen LogP contribution in [0.4, 0.5) is 26.7 Å². The number of aliphatic imine (C=N–C) groups is 1. The molecule has 1 saturated heterocycles. The number of halogens is 1. The standard InChI is InChI=1S/C61H57ClN10O19/c1-31-6-5-8-36-42(24-39-51(50(31)36)34(25-62)27-72(39)57(82)38-29-70-28-35(11-13-44(70)67-38)66-56(81)43-23-33-7-3-4-9-40(33)88-43)90-61(86)69(19-16-45(73)63-2)21-18-64-60(85)87-30-32-10-12-41(89-59-54(80)52(78)53(79)55(91-59)58(83)84)37(22-32)68-47(75)26-65-46(74)17-20-71-48(76)14-15-49(71)77/h3-15,22-24,28-29,34,52-55,59,78-80H,2,16-21,25-27,30H2,1H3,(H,64,85)(H,65,74)(H,66,81)(H,68,75)(H,83,84)/t34-,52+,53+,54-,55+,59-/m1/s1. The second kappa shape index (κ2) is 27.4. The van der Waals surface area contributed by atoms with Crippen molar-refractivity contribution in [3.8, 4) is 11.5 Å². The Morgan fingerprint density at radius 3 is 2.37 bits per heavy atom. The first-order valence-electron chi connectivity index (χ1n) is 28.1. The quantitative estimate of drug-likeness (QED) is 0.0272. The number of aliphatic carboxylic acids is 1. The number of aromatic nitrogens is 2. The number of imide groups is 1. The van der Waals surface area contributed by atoms with E-state index in [0.717, 1.165) is 38.5 Å². The number of anilines is 3. The van der Waals surface area contributed by atoms with Crippen LogP contribution in [0, 0.1) is 6.92 Å². The van der Waals surface area contributed by atoms with E-state index in [1.165, 1.54) is 29.3 Å². The number of imidazole rings is 1. The Kier molecular flexibility index (Phi) is 19.1. The number of amides is 9. The van der Waals surface area contributed by atoms with Crippen molar-refractivity contribution in [1.29, 1.82) is 0 Å². The van der Waals surface area contributed by atoms with Gasteiger partial charge in [0.1, 0.15) is 53.3 Å². The molecular formula is C61H57ClN10O19. The lowest BCUT2D eigenvalue weighted by atomic mass is 9.92. The molecular weight excluding hydrogens is 1210 g/mol. The lowest BCUT2D eigenvalue weighted by Crippen LogP contribution is -2.61. The number of rotatable bonds is 22. The fourth-order valence-corrected chi connectivity index (χ4v) is 10.7. The minimum absolute atomic E-state index is 0.0456. The van der Waals surface area contributed by atoms with Crippen molar-refractivity contribution >= 4 is 122 Å². The van der Waals surface area contributed by atoms with E-state index in [-0.39, 0.29) is 91.6 Å². The van der Waals surface area contributed by atoms with Crippen LogP contribution >= 0.6 is 11.6 Å². The van der Waals surface area contributed by atoms with Crippen LogP contribution in [-0.2, 0) is 44.8 Å². The zero-order chi connectivity index (χ0) is 64.8. The molecule has 10 rings (SSSR count). The fraction of sp³-hybridized carbons (Fsp3) is 0.279. The number of aliphatic hydroxyl groups is 3. The lowest BCUT2D eigenvalue weighted by Gasteiger charge is -2.38. The van der Waals surface area contributed by atoms with Gasteiger partial charge in [-0.15, -0.1) is 11.6 Å². The molecule has 0 saturated carbocycles. The summed E-state index contributed by atoms with van der Waals surface area (Å²) in [5, 5.41) is 52.9. The number of hydrogen-bond donors (Lipinski definition) is 8. The Hall–Kier alpha value is -10.6. The van der Waals surface area contributed by atoms with E-state index < -0.39 is 103 Å². The number of alkyl halides is 1. The molecule has 3 aromatic heterocycles. The molecule has 4 aromatic carbocycles. The number of carbonyl (C=O) groups is 10. The SMILES string of the molecule is C=NC(=O)CCN(CCNC(=O)OCc1ccc(O[C@@H]2O[C@H](C(=O)O)[C@@H](O)[C@H](O)[C@H]2O)c(NC(=O)CNC(=O)CCN2C(=O)C=CC2=O)c1)C(=O)Oc1cc2c(c3c(C)cccc13)[C@H](CCl)CN2C(=O)c1cn2cc(NC(=O)c3cc4ccccc4o3)ccc2n1. The highest BCUT2D eigenvalue weighted by molar-refractivity contribution is 6.19. The third kappa shape index (κ3) is 14.1. The second-order valence-electron chi connectivity index (χ2n) is 21.1. The molecule has 6 heterocycles. The number of benzene rings is 4. The van der Waals surface area contributed by atoms with Crippen LogP contribution < -0.4 is 35.6 Å². The van der Waals surface area contributed by atoms with Crippen molar-refractivity contribution < 1.29 is 91.7 Å². The molecule has 0 bridgehead atoms. The maximum atomic E-state index is 14.6. The Bertz CT molecular complexity index is 4080. The van der Waals surface area contributed by atoms with Gasteiger partial charge >= 0.3 is 18.2 Å². The maximum Gasteiger partial charge on any atom is 0.415 e. The number of nitrogens with one attached hydrogen (secondary N) is 4. The normalized spacial score (nSPS) is 18.4. The summed E-state index contributed by atoms with van der Waals surface area (Å²) in [6.45, 7) is 3.06. The van der Waals surface area contributed by atoms with Crippen LogP contribution in [0.2, 0.25) is 0 Å². The largest absolute Gasteiger partial charge is 0.479 e. The molecule has 0 spiro atoms. The van der Waals surface area contributed by atoms with Crippen LogP contribution in [0.25, 0.3) is 27.4 Å². The van der Waals surface area contributed by atoms with Crippen LogP contribution in [-0.4, -0.2) is 182 Å². The molecule has 30 heteroatoms. The highest BCUT2D eigenvalue weighted by Crippen LogP contribution is 2.47. The van der Waals surface area contributed by atoms with Gasteiger partial charge in [-0.25, -0.2) is 24.4 Å². The molecule has 0 radical (unpaired) electrons. The van der Waals surface area contributed by atoms with Crippen molar-refractivity contribution in [2.24, 2.45) is 4.99 Å². The first-order valence-corrected chi connectivity index (χ1v) is 28.6. The number of fused-ring (bicyclic) bond motifs is 5. The first-order chi connectivity index (χ1) is 43.7. The van der Waals surface area contributed by atoms with Gasteiger partial charge in [0, 0.05) is 98.7 Å². The number of para-hydroxylation sites is 1. The fourth-order valence-electron chi connectivity index (χ4n) is 10.4. The number of carboxylic acid groups (broad SMARTS) is 1. The number of alkyl carbamates (subject to hydrolysis) is 1. The molecule has 3 aliphatic heterocycles. The summed E-state index contributed by atoms with van der Waals surface area (Å²) < 4.78 is 29.8.